The molecule has 0 spiro atoms. The van der Waals surface area contributed by atoms with Crippen molar-refractivity contribution in [3.63, 3.8) is 0 Å². The minimum absolute atomic E-state index is 0.0120. The smallest absolute Gasteiger partial charge is 0.243 e. The summed E-state index contributed by atoms with van der Waals surface area (Å²) >= 11 is 0. The van der Waals surface area contributed by atoms with Gasteiger partial charge in [-0.3, -0.25) is 5.41 Å². The molecule has 1 aromatic rings. The topological polar surface area (TPSA) is 87.2 Å². The summed E-state index contributed by atoms with van der Waals surface area (Å²) in [6.07, 6.45) is 0. The van der Waals surface area contributed by atoms with Gasteiger partial charge in [0, 0.05) is 6.54 Å². The van der Waals surface area contributed by atoms with Crippen molar-refractivity contribution in [3.8, 4) is 0 Å². The van der Waals surface area contributed by atoms with Gasteiger partial charge >= 0.3 is 0 Å². The van der Waals surface area contributed by atoms with Gasteiger partial charge in [-0.2, -0.15) is 4.31 Å². The van der Waals surface area contributed by atoms with E-state index in [1.165, 1.54) is 12.1 Å². The van der Waals surface area contributed by atoms with Crippen LogP contribution in [0.15, 0.2) is 29.2 Å². The van der Waals surface area contributed by atoms with E-state index in [9.17, 15) is 12.8 Å². The molecule has 94 valence electrons. The number of amidine groups is 1. The molecule has 0 amide bonds. The fraction of sp³-hybridized carbons (Fsp3) is 0.300. The number of hydrogen-bond donors (Lipinski definition) is 2. The van der Waals surface area contributed by atoms with Crippen molar-refractivity contribution >= 4 is 15.9 Å². The number of nitrogens with one attached hydrogen (secondary N) is 1. The summed E-state index contributed by atoms with van der Waals surface area (Å²) in [7, 11) is -3.72. The molecule has 5 nitrogen and oxygen atoms in total. The molecule has 0 atom stereocenters. The number of hydrogen-bond acceptors (Lipinski definition) is 3. The van der Waals surface area contributed by atoms with E-state index in [1.54, 1.807) is 6.92 Å². The Morgan fingerprint density at radius 3 is 2.35 bits per heavy atom. The van der Waals surface area contributed by atoms with Crippen molar-refractivity contribution in [1.82, 2.24) is 4.31 Å². The first-order valence-corrected chi connectivity index (χ1v) is 6.40. The Balaban J connectivity index is 3.08. The Kier molecular flexibility index (Phi) is 4.19. The summed E-state index contributed by atoms with van der Waals surface area (Å²) < 4.78 is 37.9. The first-order valence-electron chi connectivity index (χ1n) is 4.96. The van der Waals surface area contributed by atoms with Crippen LogP contribution in [0.4, 0.5) is 4.39 Å². The molecule has 1 aromatic carbocycles. The molecule has 0 fully saturated rings. The number of likely N-dealkylation sites (N-methyl/N-ethyl adjacent to an activating group) is 1. The molecule has 7 heteroatoms. The van der Waals surface area contributed by atoms with Gasteiger partial charge in [-0.05, 0) is 24.3 Å². The van der Waals surface area contributed by atoms with E-state index < -0.39 is 15.8 Å². The summed E-state index contributed by atoms with van der Waals surface area (Å²) in [5, 5.41) is 7.12. The normalized spacial score (nSPS) is 11.7. The highest BCUT2D eigenvalue weighted by Crippen LogP contribution is 2.15. The molecule has 0 aliphatic carbocycles. The van der Waals surface area contributed by atoms with Gasteiger partial charge in [0.25, 0.3) is 0 Å². The van der Waals surface area contributed by atoms with E-state index in [4.69, 9.17) is 11.1 Å². The Bertz CT molecular complexity index is 499. The zero-order valence-corrected chi connectivity index (χ0v) is 10.2. The first kappa shape index (κ1) is 13.6. The molecule has 0 bridgehead atoms. The lowest BCUT2D eigenvalue weighted by Gasteiger charge is -2.19. The molecule has 0 aromatic heterocycles. The van der Waals surface area contributed by atoms with Gasteiger partial charge in [0.05, 0.1) is 11.4 Å². The van der Waals surface area contributed by atoms with Crippen LogP contribution in [0.3, 0.4) is 0 Å². The zero-order chi connectivity index (χ0) is 13.1. The average Bonchev–Trinajstić information content (AvgIpc) is 2.26. The average molecular weight is 259 g/mol. The molecule has 0 saturated heterocycles. The summed E-state index contributed by atoms with van der Waals surface area (Å²) in [6.45, 7) is 1.67. The number of benzene rings is 1. The maximum absolute atomic E-state index is 12.7. The minimum atomic E-state index is -3.72. The second-order valence-electron chi connectivity index (χ2n) is 3.41. The van der Waals surface area contributed by atoms with Crippen LogP contribution in [-0.4, -0.2) is 31.6 Å². The van der Waals surface area contributed by atoms with Crippen LogP contribution in [0.2, 0.25) is 0 Å². The molecule has 0 aliphatic rings. The fourth-order valence-electron chi connectivity index (χ4n) is 1.31. The Hall–Kier alpha value is -1.47. The lowest BCUT2D eigenvalue weighted by molar-refractivity contribution is 0.466. The van der Waals surface area contributed by atoms with E-state index in [2.05, 4.69) is 0 Å². The van der Waals surface area contributed by atoms with Crippen molar-refractivity contribution in [3.05, 3.63) is 30.1 Å². The number of nitrogens with two attached hydrogens (primary N) is 1. The van der Waals surface area contributed by atoms with E-state index in [-0.39, 0.29) is 23.8 Å². The highest BCUT2D eigenvalue weighted by Gasteiger charge is 2.23. The molecular weight excluding hydrogens is 245 g/mol. The van der Waals surface area contributed by atoms with Crippen LogP contribution in [0, 0.1) is 11.2 Å². The van der Waals surface area contributed by atoms with E-state index in [0.717, 1.165) is 16.4 Å². The quantitative estimate of drug-likeness (QED) is 0.605. The van der Waals surface area contributed by atoms with E-state index >= 15 is 0 Å². The first-order chi connectivity index (χ1) is 7.87. The van der Waals surface area contributed by atoms with Gasteiger partial charge in [0.2, 0.25) is 10.0 Å². The second-order valence-corrected chi connectivity index (χ2v) is 5.35. The molecular formula is C10H14FN3O2S. The third kappa shape index (κ3) is 3.24. The van der Waals surface area contributed by atoms with Gasteiger partial charge in [-0.1, -0.05) is 6.92 Å². The van der Waals surface area contributed by atoms with Gasteiger partial charge < -0.3 is 5.73 Å². The number of rotatable bonds is 5. The van der Waals surface area contributed by atoms with Crippen molar-refractivity contribution < 1.29 is 12.8 Å². The molecule has 0 aliphatic heterocycles. The van der Waals surface area contributed by atoms with Crippen molar-refractivity contribution in [2.75, 3.05) is 13.1 Å². The maximum atomic E-state index is 12.7. The third-order valence-electron chi connectivity index (χ3n) is 2.15. The van der Waals surface area contributed by atoms with Crippen LogP contribution < -0.4 is 5.73 Å². The predicted octanol–water partition coefficient (Wildman–Crippen LogP) is 0.772. The van der Waals surface area contributed by atoms with Crippen LogP contribution in [0.1, 0.15) is 6.92 Å². The Morgan fingerprint density at radius 1 is 1.41 bits per heavy atom. The standard InChI is InChI=1S/C10H14FN3O2S/c1-2-14(7-10(12)13)17(15,16)9-5-3-8(11)4-6-9/h3-6H,2,7H2,1H3,(H3,12,13). The summed E-state index contributed by atoms with van der Waals surface area (Å²) in [4.78, 5) is -0.0120. The number of nitrogens with zero attached hydrogens (tertiary/aromatic N) is 1. The van der Waals surface area contributed by atoms with Gasteiger partial charge in [-0.25, -0.2) is 12.8 Å². The lowest BCUT2D eigenvalue weighted by atomic mass is 10.4. The SMILES string of the molecule is CCN(CC(=N)N)S(=O)(=O)c1ccc(F)cc1. The van der Waals surface area contributed by atoms with Crippen LogP contribution in [0.25, 0.3) is 0 Å². The maximum Gasteiger partial charge on any atom is 0.243 e. The summed E-state index contributed by atoms with van der Waals surface area (Å²) in [5.74, 6) is -0.740. The highest BCUT2D eigenvalue weighted by molar-refractivity contribution is 7.89. The Morgan fingerprint density at radius 2 is 1.94 bits per heavy atom. The number of sulfonamides is 1. The van der Waals surface area contributed by atoms with Crippen LogP contribution in [-0.2, 0) is 10.0 Å². The zero-order valence-electron chi connectivity index (χ0n) is 9.35. The van der Waals surface area contributed by atoms with Gasteiger partial charge in [0.1, 0.15) is 11.7 Å². The van der Waals surface area contributed by atoms with Crippen LogP contribution in [0.5, 0.6) is 0 Å². The van der Waals surface area contributed by atoms with Crippen molar-refractivity contribution in [2.45, 2.75) is 11.8 Å². The lowest BCUT2D eigenvalue weighted by Crippen LogP contribution is -2.37. The third-order valence-corrected chi connectivity index (χ3v) is 4.09. The number of halogens is 1. The van der Waals surface area contributed by atoms with E-state index in [1.807, 2.05) is 0 Å². The molecule has 0 radical (unpaired) electrons. The minimum Gasteiger partial charge on any atom is -0.387 e. The predicted molar refractivity (Wildman–Crippen MR) is 62.7 cm³/mol. The summed E-state index contributed by atoms with van der Waals surface area (Å²) in [6, 6.07) is 4.53. The van der Waals surface area contributed by atoms with Gasteiger partial charge in [0.15, 0.2) is 0 Å². The van der Waals surface area contributed by atoms with Crippen molar-refractivity contribution in [2.24, 2.45) is 5.73 Å². The van der Waals surface area contributed by atoms with Crippen LogP contribution >= 0.6 is 0 Å². The molecule has 0 heterocycles. The molecule has 3 N–H and O–H groups in total. The second kappa shape index (κ2) is 5.24. The molecule has 1 rings (SSSR count). The molecule has 17 heavy (non-hydrogen) atoms. The highest BCUT2D eigenvalue weighted by atomic mass is 32.2. The summed E-state index contributed by atoms with van der Waals surface area (Å²) in [5.41, 5.74) is 5.18. The van der Waals surface area contributed by atoms with E-state index in [0.29, 0.717) is 0 Å². The molecule has 0 unspecified atom stereocenters. The fourth-order valence-corrected chi connectivity index (χ4v) is 2.74. The largest absolute Gasteiger partial charge is 0.387 e. The van der Waals surface area contributed by atoms with Gasteiger partial charge in [-0.15, -0.1) is 0 Å². The van der Waals surface area contributed by atoms with Crippen molar-refractivity contribution in [1.29, 1.82) is 5.41 Å². The monoisotopic (exact) mass is 259 g/mol. The Labute approximate surface area is 99.6 Å². The molecule has 0 saturated carbocycles.